The lowest BCUT2D eigenvalue weighted by Crippen LogP contribution is -2.16. The summed E-state index contributed by atoms with van der Waals surface area (Å²) in [6.07, 6.45) is 4.82. The van der Waals surface area contributed by atoms with Gasteiger partial charge in [-0.25, -0.2) is 0 Å². The number of unbranched alkanes of at least 4 members (excludes halogenated alkanes) is 1. The van der Waals surface area contributed by atoms with Crippen LogP contribution in [0.25, 0.3) is 0 Å². The van der Waals surface area contributed by atoms with Crippen molar-refractivity contribution in [3.63, 3.8) is 0 Å². The molecule has 1 N–H and O–H groups in total. The third kappa shape index (κ3) is 2.33. The molecule has 0 atom stereocenters. The van der Waals surface area contributed by atoms with Gasteiger partial charge in [-0.2, -0.15) is 0 Å². The Labute approximate surface area is 69.1 Å². The summed E-state index contributed by atoms with van der Waals surface area (Å²) in [5, 5.41) is 9.57. The smallest absolute Gasteiger partial charge is 0.0806 e. The van der Waals surface area contributed by atoms with E-state index < -0.39 is 5.60 Å². The average Bonchev–Trinajstić information content (AvgIpc) is 2.60. The molecule has 0 radical (unpaired) electrons. The van der Waals surface area contributed by atoms with Gasteiger partial charge in [0, 0.05) is 0 Å². The summed E-state index contributed by atoms with van der Waals surface area (Å²) >= 11 is 0. The zero-order valence-electron chi connectivity index (χ0n) is 7.78. The Morgan fingerprint density at radius 3 is 2.45 bits per heavy atom. The van der Waals surface area contributed by atoms with Gasteiger partial charge in [-0.05, 0) is 38.7 Å². The fourth-order valence-corrected chi connectivity index (χ4v) is 1.45. The zero-order chi connectivity index (χ0) is 8.48. The number of aliphatic hydroxyl groups is 1. The molecule has 0 aromatic heterocycles. The fourth-order valence-electron chi connectivity index (χ4n) is 1.45. The van der Waals surface area contributed by atoms with Gasteiger partial charge in [0.25, 0.3) is 0 Å². The monoisotopic (exact) mass is 154 g/mol. The Kier molecular flexibility index (Phi) is 2.38. The van der Waals surface area contributed by atoms with Gasteiger partial charge >= 0.3 is 0 Å². The van der Waals surface area contributed by atoms with E-state index in [-0.39, 0.29) is 0 Å². The molecule has 0 amide bonds. The molecule has 0 saturated heterocycles. The summed E-state index contributed by atoms with van der Waals surface area (Å²) in [6.45, 7) is 5.95. The first-order chi connectivity index (χ1) is 5.05. The van der Waals surface area contributed by atoms with E-state index >= 15 is 0 Å². The summed E-state index contributed by atoms with van der Waals surface area (Å²) in [5.41, 5.74) is 2.24. The Bertz CT molecular complexity index is 172. The van der Waals surface area contributed by atoms with Crippen LogP contribution in [0.1, 0.15) is 46.5 Å². The molecular weight excluding hydrogens is 136 g/mol. The molecule has 11 heavy (non-hydrogen) atoms. The van der Waals surface area contributed by atoms with Gasteiger partial charge in [-0.15, -0.1) is 0 Å². The maximum atomic E-state index is 9.57. The molecule has 1 heteroatoms. The standard InChI is InChI=1S/C10H18O/c1-4-5-6-8-7-9(8)10(2,3)11/h11H,4-7H2,1-3H3. The summed E-state index contributed by atoms with van der Waals surface area (Å²) in [6, 6.07) is 0. The Morgan fingerprint density at radius 1 is 1.45 bits per heavy atom. The number of allylic oxidation sites excluding steroid dienone is 1. The quantitative estimate of drug-likeness (QED) is 0.617. The highest BCUT2D eigenvalue weighted by Gasteiger charge is 2.32. The second-order valence-corrected chi connectivity index (χ2v) is 3.92. The molecule has 0 spiro atoms. The van der Waals surface area contributed by atoms with Crippen molar-refractivity contribution >= 4 is 0 Å². The molecule has 0 aromatic carbocycles. The first-order valence-electron chi connectivity index (χ1n) is 4.49. The van der Waals surface area contributed by atoms with Crippen LogP contribution in [-0.2, 0) is 0 Å². The van der Waals surface area contributed by atoms with Gasteiger partial charge in [-0.3, -0.25) is 0 Å². The van der Waals surface area contributed by atoms with Gasteiger partial charge in [0.15, 0.2) is 0 Å². The van der Waals surface area contributed by atoms with Crippen molar-refractivity contribution in [2.24, 2.45) is 0 Å². The van der Waals surface area contributed by atoms with E-state index in [0.717, 1.165) is 6.42 Å². The first-order valence-corrected chi connectivity index (χ1v) is 4.49. The minimum absolute atomic E-state index is 0.539. The summed E-state index contributed by atoms with van der Waals surface area (Å²) < 4.78 is 0. The molecule has 1 aliphatic carbocycles. The van der Waals surface area contributed by atoms with E-state index in [1.54, 1.807) is 0 Å². The maximum Gasteiger partial charge on any atom is 0.0806 e. The van der Waals surface area contributed by atoms with Crippen LogP contribution in [0.5, 0.6) is 0 Å². The molecular formula is C10H18O. The minimum Gasteiger partial charge on any atom is -0.386 e. The molecule has 1 nitrogen and oxygen atoms in total. The molecule has 0 saturated carbocycles. The zero-order valence-corrected chi connectivity index (χ0v) is 7.78. The molecule has 1 rings (SSSR count). The van der Waals surface area contributed by atoms with Crippen LogP contribution in [0, 0.1) is 0 Å². The normalized spacial score (nSPS) is 17.5. The van der Waals surface area contributed by atoms with E-state index in [1.807, 2.05) is 13.8 Å². The molecule has 64 valence electrons. The highest BCUT2D eigenvalue weighted by Crippen LogP contribution is 2.42. The van der Waals surface area contributed by atoms with E-state index in [2.05, 4.69) is 6.92 Å². The van der Waals surface area contributed by atoms with Gasteiger partial charge < -0.3 is 5.11 Å². The van der Waals surface area contributed by atoms with Gasteiger partial charge in [0.2, 0.25) is 0 Å². The largest absolute Gasteiger partial charge is 0.386 e. The van der Waals surface area contributed by atoms with Crippen LogP contribution < -0.4 is 0 Å². The summed E-state index contributed by atoms with van der Waals surface area (Å²) in [7, 11) is 0. The molecule has 0 unspecified atom stereocenters. The minimum atomic E-state index is -0.539. The number of hydrogen-bond donors (Lipinski definition) is 1. The van der Waals surface area contributed by atoms with Crippen LogP contribution in [0.3, 0.4) is 0 Å². The number of hydrogen-bond acceptors (Lipinski definition) is 1. The van der Waals surface area contributed by atoms with Crippen molar-refractivity contribution in [2.75, 3.05) is 0 Å². The highest BCUT2D eigenvalue weighted by atomic mass is 16.3. The Hall–Kier alpha value is -0.300. The van der Waals surface area contributed by atoms with Crippen molar-refractivity contribution in [1.29, 1.82) is 0 Å². The Balaban J connectivity index is 2.36. The topological polar surface area (TPSA) is 20.2 Å². The summed E-state index contributed by atoms with van der Waals surface area (Å²) in [5.74, 6) is 0. The van der Waals surface area contributed by atoms with Crippen LogP contribution in [0.15, 0.2) is 11.1 Å². The van der Waals surface area contributed by atoms with Gasteiger partial charge in [0.1, 0.15) is 0 Å². The highest BCUT2D eigenvalue weighted by molar-refractivity contribution is 5.40. The molecule has 0 aromatic rings. The van der Waals surface area contributed by atoms with Gasteiger partial charge in [-0.1, -0.05) is 18.9 Å². The van der Waals surface area contributed by atoms with Crippen molar-refractivity contribution in [2.45, 2.75) is 52.1 Å². The lowest BCUT2D eigenvalue weighted by atomic mass is 10.1. The fraction of sp³-hybridized carbons (Fsp3) is 0.800. The van der Waals surface area contributed by atoms with Crippen LogP contribution >= 0.6 is 0 Å². The second-order valence-electron chi connectivity index (χ2n) is 3.92. The maximum absolute atomic E-state index is 9.57. The predicted molar refractivity (Wildman–Crippen MR) is 47.5 cm³/mol. The average molecular weight is 154 g/mol. The van der Waals surface area contributed by atoms with Crippen LogP contribution in [-0.4, -0.2) is 10.7 Å². The van der Waals surface area contributed by atoms with E-state index in [4.69, 9.17) is 0 Å². The second kappa shape index (κ2) is 2.98. The van der Waals surface area contributed by atoms with Gasteiger partial charge in [0.05, 0.1) is 5.60 Å². The number of rotatable bonds is 4. The molecule has 0 heterocycles. The van der Waals surface area contributed by atoms with Crippen LogP contribution in [0.4, 0.5) is 0 Å². The third-order valence-electron chi connectivity index (χ3n) is 2.26. The first kappa shape index (κ1) is 8.79. The van der Waals surface area contributed by atoms with Crippen molar-refractivity contribution in [3.05, 3.63) is 11.1 Å². The molecule has 0 bridgehead atoms. The third-order valence-corrected chi connectivity index (χ3v) is 2.26. The lowest BCUT2D eigenvalue weighted by Gasteiger charge is -2.11. The molecule has 0 aliphatic heterocycles. The van der Waals surface area contributed by atoms with E-state index in [9.17, 15) is 5.11 Å². The predicted octanol–water partition coefficient (Wildman–Crippen LogP) is 2.65. The van der Waals surface area contributed by atoms with E-state index in [0.29, 0.717) is 0 Å². The van der Waals surface area contributed by atoms with E-state index in [1.165, 1.54) is 30.4 Å². The SMILES string of the molecule is CCCCC1=C(C(C)(C)O)C1. The van der Waals surface area contributed by atoms with Crippen molar-refractivity contribution < 1.29 is 5.11 Å². The lowest BCUT2D eigenvalue weighted by molar-refractivity contribution is 0.124. The van der Waals surface area contributed by atoms with Crippen LogP contribution in [0.2, 0.25) is 0 Å². The molecule has 1 aliphatic rings. The summed E-state index contributed by atoms with van der Waals surface area (Å²) in [4.78, 5) is 0. The molecule has 0 fully saturated rings. The van der Waals surface area contributed by atoms with Crippen molar-refractivity contribution in [3.8, 4) is 0 Å². The van der Waals surface area contributed by atoms with Crippen molar-refractivity contribution in [1.82, 2.24) is 0 Å². The Morgan fingerprint density at radius 2 is 2.09 bits per heavy atom.